The molecule has 0 saturated carbocycles. The average Bonchev–Trinajstić information content (AvgIpc) is 3.16. The monoisotopic (exact) mass is 422 g/mol. The molecule has 7 heteroatoms. The second-order valence-corrected chi connectivity index (χ2v) is 7.08. The summed E-state index contributed by atoms with van der Waals surface area (Å²) in [5.41, 5.74) is 3.53. The van der Waals surface area contributed by atoms with Crippen LogP contribution in [-0.2, 0) is 9.47 Å². The third-order valence-electron chi connectivity index (χ3n) is 4.87. The second-order valence-electron chi connectivity index (χ2n) is 7.08. The quantitative estimate of drug-likeness (QED) is 0.521. The molecule has 0 aliphatic rings. The van der Waals surface area contributed by atoms with Crippen LogP contribution in [0.2, 0.25) is 0 Å². The molecule has 0 amide bonds. The summed E-state index contributed by atoms with van der Waals surface area (Å²) in [5.74, 6) is -0.597. The molecule has 2 aromatic carbocycles. The van der Waals surface area contributed by atoms with Crippen LogP contribution in [0.3, 0.4) is 0 Å². The molecule has 1 aromatic heterocycles. The van der Waals surface area contributed by atoms with E-state index in [4.69, 9.17) is 14.2 Å². The first-order valence-corrected chi connectivity index (χ1v) is 10.0. The Bertz CT molecular complexity index is 1080. The molecule has 0 spiro atoms. The molecule has 162 valence electrons. The van der Waals surface area contributed by atoms with Crippen LogP contribution in [0, 0.1) is 13.8 Å². The Morgan fingerprint density at radius 1 is 0.968 bits per heavy atom. The van der Waals surface area contributed by atoms with Gasteiger partial charge in [-0.2, -0.15) is 5.10 Å². The molecule has 3 aromatic rings. The number of hydrogen-bond acceptors (Lipinski definition) is 6. The van der Waals surface area contributed by atoms with Gasteiger partial charge in [-0.1, -0.05) is 25.1 Å². The number of aromatic nitrogens is 2. The number of methoxy groups -OCH3 is 2. The average molecular weight is 422 g/mol. The summed E-state index contributed by atoms with van der Waals surface area (Å²) >= 11 is 0. The van der Waals surface area contributed by atoms with Crippen molar-refractivity contribution in [3.8, 4) is 22.7 Å². The van der Waals surface area contributed by atoms with Gasteiger partial charge in [0.25, 0.3) is 0 Å². The van der Waals surface area contributed by atoms with Crippen molar-refractivity contribution in [3.05, 3.63) is 64.8 Å². The van der Waals surface area contributed by atoms with Crippen LogP contribution in [0.4, 0.5) is 0 Å². The molecule has 0 saturated heterocycles. The van der Waals surface area contributed by atoms with Crippen LogP contribution < -0.4 is 4.74 Å². The van der Waals surface area contributed by atoms with E-state index >= 15 is 0 Å². The second kappa shape index (κ2) is 9.47. The summed E-state index contributed by atoms with van der Waals surface area (Å²) in [7, 11) is 2.54. The standard InChI is InChI=1S/C24H26N2O5/c1-6-12-31-18-13-15(2)19(16(3)14-18)21-20(23(27)29-4)22(24(28)30-5)26(25-21)17-10-8-7-9-11-17/h7-11,13-14H,6,12H2,1-5H3. The van der Waals surface area contributed by atoms with Crippen LogP contribution in [0.1, 0.15) is 45.3 Å². The first-order chi connectivity index (χ1) is 14.9. The van der Waals surface area contributed by atoms with Gasteiger partial charge in [-0.05, 0) is 55.7 Å². The van der Waals surface area contributed by atoms with Gasteiger partial charge in [0.05, 0.1) is 26.5 Å². The molecule has 7 nitrogen and oxygen atoms in total. The number of ether oxygens (including phenoxy) is 3. The Balaban J connectivity index is 2.32. The van der Waals surface area contributed by atoms with Crippen molar-refractivity contribution in [3.63, 3.8) is 0 Å². The molecule has 0 aliphatic carbocycles. The Labute approximate surface area is 181 Å². The van der Waals surface area contributed by atoms with Gasteiger partial charge in [-0.15, -0.1) is 0 Å². The molecule has 0 radical (unpaired) electrons. The van der Waals surface area contributed by atoms with Gasteiger partial charge in [-0.3, -0.25) is 0 Å². The molecular weight excluding hydrogens is 396 g/mol. The van der Waals surface area contributed by atoms with Gasteiger partial charge in [0, 0.05) is 5.56 Å². The van der Waals surface area contributed by atoms with E-state index in [1.165, 1.54) is 18.9 Å². The van der Waals surface area contributed by atoms with E-state index in [1.807, 2.05) is 51.1 Å². The molecule has 0 N–H and O–H groups in total. The molecule has 31 heavy (non-hydrogen) atoms. The Hall–Kier alpha value is -3.61. The van der Waals surface area contributed by atoms with Gasteiger partial charge in [0.2, 0.25) is 0 Å². The van der Waals surface area contributed by atoms with Gasteiger partial charge in [0.1, 0.15) is 17.0 Å². The van der Waals surface area contributed by atoms with Crippen molar-refractivity contribution in [2.24, 2.45) is 0 Å². The first kappa shape index (κ1) is 22.1. The fraction of sp³-hybridized carbons (Fsp3) is 0.292. The molecule has 0 bridgehead atoms. The fourth-order valence-electron chi connectivity index (χ4n) is 3.53. The minimum atomic E-state index is -0.679. The highest BCUT2D eigenvalue weighted by Gasteiger charge is 2.32. The minimum absolute atomic E-state index is 0.0145. The Kier molecular flexibility index (Phi) is 6.74. The number of carbonyl (C=O) groups excluding carboxylic acids is 2. The maximum atomic E-state index is 12.8. The van der Waals surface area contributed by atoms with E-state index in [0.717, 1.165) is 28.9 Å². The smallest absolute Gasteiger partial charge is 0.357 e. The van der Waals surface area contributed by atoms with Crippen LogP contribution in [0.5, 0.6) is 5.75 Å². The lowest BCUT2D eigenvalue weighted by Crippen LogP contribution is -2.15. The summed E-state index contributed by atoms with van der Waals surface area (Å²) in [5, 5.41) is 4.68. The number of rotatable bonds is 7. The third kappa shape index (κ3) is 4.30. The number of hydrogen-bond donors (Lipinski definition) is 0. The topological polar surface area (TPSA) is 79.7 Å². The highest BCUT2D eigenvalue weighted by atomic mass is 16.5. The lowest BCUT2D eigenvalue weighted by Gasteiger charge is -2.13. The van der Waals surface area contributed by atoms with Crippen molar-refractivity contribution in [2.75, 3.05) is 20.8 Å². The van der Waals surface area contributed by atoms with E-state index in [0.29, 0.717) is 18.0 Å². The normalized spacial score (nSPS) is 10.6. The van der Waals surface area contributed by atoms with E-state index in [-0.39, 0.29) is 11.3 Å². The van der Waals surface area contributed by atoms with Crippen molar-refractivity contribution in [1.82, 2.24) is 9.78 Å². The maximum Gasteiger partial charge on any atom is 0.357 e. The van der Waals surface area contributed by atoms with Crippen LogP contribution in [0.25, 0.3) is 16.9 Å². The molecule has 0 aliphatic heterocycles. The Morgan fingerprint density at radius 3 is 2.13 bits per heavy atom. The number of aryl methyl sites for hydroxylation is 2. The number of nitrogens with zero attached hydrogens (tertiary/aromatic N) is 2. The zero-order valence-electron chi connectivity index (χ0n) is 18.4. The first-order valence-electron chi connectivity index (χ1n) is 10.0. The SMILES string of the molecule is CCCOc1cc(C)c(-c2nn(-c3ccccc3)c(C(=O)OC)c2C(=O)OC)c(C)c1. The molecule has 0 unspecified atom stereocenters. The van der Waals surface area contributed by atoms with Crippen molar-refractivity contribution in [1.29, 1.82) is 0 Å². The lowest BCUT2D eigenvalue weighted by molar-refractivity contribution is 0.0549. The summed E-state index contributed by atoms with van der Waals surface area (Å²) in [6.07, 6.45) is 0.899. The molecule has 1 heterocycles. The number of para-hydroxylation sites is 1. The van der Waals surface area contributed by atoms with Crippen molar-refractivity contribution in [2.45, 2.75) is 27.2 Å². The molecule has 3 rings (SSSR count). The zero-order valence-corrected chi connectivity index (χ0v) is 18.4. The van der Waals surface area contributed by atoms with Gasteiger partial charge >= 0.3 is 11.9 Å². The zero-order chi connectivity index (χ0) is 22.5. The predicted octanol–water partition coefficient (Wildman–Crippen LogP) is 4.52. The molecule has 0 atom stereocenters. The van der Waals surface area contributed by atoms with E-state index in [1.54, 1.807) is 12.1 Å². The lowest BCUT2D eigenvalue weighted by atomic mass is 9.96. The number of esters is 2. The van der Waals surface area contributed by atoms with Crippen LogP contribution in [-0.4, -0.2) is 42.5 Å². The fourth-order valence-corrected chi connectivity index (χ4v) is 3.53. The predicted molar refractivity (Wildman–Crippen MR) is 117 cm³/mol. The highest BCUT2D eigenvalue weighted by Crippen LogP contribution is 2.35. The highest BCUT2D eigenvalue weighted by molar-refractivity contribution is 6.07. The largest absolute Gasteiger partial charge is 0.494 e. The molecular formula is C24H26N2O5. The Morgan fingerprint density at radius 2 is 1.58 bits per heavy atom. The van der Waals surface area contributed by atoms with Gasteiger partial charge in [-0.25, -0.2) is 14.3 Å². The van der Waals surface area contributed by atoms with Crippen molar-refractivity contribution < 1.29 is 23.8 Å². The number of carbonyl (C=O) groups is 2. The number of benzene rings is 2. The van der Waals surface area contributed by atoms with Gasteiger partial charge < -0.3 is 14.2 Å². The van der Waals surface area contributed by atoms with E-state index in [2.05, 4.69) is 5.10 Å². The van der Waals surface area contributed by atoms with E-state index < -0.39 is 11.9 Å². The third-order valence-corrected chi connectivity index (χ3v) is 4.87. The summed E-state index contributed by atoms with van der Waals surface area (Å²) in [4.78, 5) is 25.5. The summed E-state index contributed by atoms with van der Waals surface area (Å²) in [6.45, 7) is 6.49. The minimum Gasteiger partial charge on any atom is -0.494 e. The van der Waals surface area contributed by atoms with E-state index in [9.17, 15) is 9.59 Å². The summed E-state index contributed by atoms with van der Waals surface area (Å²) in [6, 6.07) is 12.9. The summed E-state index contributed by atoms with van der Waals surface area (Å²) < 4.78 is 17.2. The molecule has 0 fully saturated rings. The van der Waals surface area contributed by atoms with Crippen LogP contribution in [0.15, 0.2) is 42.5 Å². The van der Waals surface area contributed by atoms with Crippen molar-refractivity contribution >= 4 is 11.9 Å². The van der Waals surface area contributed by atoms with Crippen LogP contribution >= 0.6 is 0 Å². The maximum absolute atomic E-state index is 12.8. The van der Waals surface area contributed by atoms with Gasteiger partial charge in [0.15, 0.2) is 5.69 Å².